The number of aromatic nitrogens is 2. The van der Waals surface area contributed by atoms with Crippen LogP contribution < -0.4 is 9.88 Å². The van der Waals surface area contributed by atoms with E-state index in [4.69, 9.17) is 9.88 Å². The molecule has 4 rings (SSSR count). The van der Waals surface area contributed by atoms with Crippen LogP contribution in [0.25, 0.3) is 16.9 Å². The number of hydrogen-bond donors (Lipinski definition) is 1. The highest BCUT2D eigenvalue weighted by atomic mass is 32.2. The monoisotopic (exact) mass is 455 g/mol. The number of benzene rings is 3. The van der Waals surface area contributed by atoms with Gasteiger partial charge in [0.1, 0.15) is 22.9 Å². The fourth-order valence-electron chi connectivity index (χ4n) is 3.23. The fraction of sp³-hybridized carbons (Fsp3) is 0.0870. The Morgan fingerprint density at radius 1 is 0.938 bits per heavy atom. The summed E-state index contributed by atoms with van der Waals surface area (Å²) in [6, 6.07) is 23.5. The topological polar surface area (TPSA) is 87.2 Å². The Morgan fingerprint density at radius 2 is 1.59 bits per heavy atom. The summed E-state index contributed by atoms with van der Waals surface area (Å²) in [6.07, 6.45) is -2.83. The number of alkyl halides is 2. The molecule has 32 heavy (non-hydrogen) atoms. The van der Waals surface area contributed by atoms with Crippen LogP contribution in [0.1, 0.15) is 17.7 Å². The predicted molar refractivity (Wildman–Crippen MR) is 116 cm³/mol. The third-order valence-electron chi connectivity index (χ3n) is 4.75. The molecule has 6 nitrogen and oxygen atoms in total. The molecule has 2 N–H and O–H groups in total. The number of nitrogens with zero attached hydrogens (tertiary/aromatic N) is 2. The van der Waals surface area contributed by atoms with E-state index in [1.807, 2.05) is 30.3 Å². The molecule has 0 bridgehead atoms. The van der Waals surface area contributed by atoms with Gasteiger partial charge in [0.15, 0.2) is 0 Å². The minimum absolute atomic E-state index is 0.0845. The van der Waals surface area contributed by atoms with Gasteiger partial charge in [-0.05, 0) is 48.0 Å². The lowest BCUT2D eigenvalue weighted by Gasteiger charge is -2.12. The molecule has 9 heteroatoms. The molecule has 0 saturated heterocycles. The number of nitrogens with two attached hydrogens (primary N) is 1. The molecule has 4 aromatic rings. The Hall–Kier alpha value is -3.56. The quantitative estimate of drug-likeness (QED) is 0.438. The highest BCUT2D eigenvalue weighted by Gasteiger charge is 2.22. The van der Waals surface area contributed by atoms with E-state index >= 15 is 0 Å². The predicted octanol–water partition coefficient (Wildman–Crippen LogP) is 4.70. The molecule has 0 amide bonds. The molecular formula is C23H19F2N3O3S. The summed E-state index contributed by atoms with van der Waals surface area (Å²) in [4.78, 5) is -0.215. The maximum absolute atomic E-state index is 13.4. The first-order valence-corrected chi connectivity index (χ1v) is 11.1. The fourth-order valence-corrected chi connectivity index (χ4v) is 3.95. The maximum atomic E-state index is 13.4. The van der Waals surface area contributed by atoms with Crippen molar-refractivity contribution in [3.05, 3.63) is 96.2 Å². The van der Waals surface area contributed by atoms with Crippen molar-refractivity contribution in [1.82, 2.24) is 9.78 Å². The summed E-state index contributed by atoms with van der Waals surface area (Å²) in [5, 5.41) is 9.26. The molecule has 0 radical (unpaired) electrons. The second-order valence-electron chi connectivity index (χ2n) is 6.98. The Morgan fingerprint density at radius 3 is 2.25 bits per heavy atom. The zero-order valence-electron chi connectivity index (χ0n) is 16.7. The van der Waals surface area contributed by atoms with E-state index in [0.29, 0.717) is 23.6 Å². The molecule has 0 aliphatic heterocycles. The lowest BCUT2D eigenvalue weighted by Crippen LogP contribution is -2.16. The number of ether oxygens (including phenoxy) is 1. The van der Waals surface area contributed by atoms with E-state index in [0.717, 1.165) is 5.56 Å². The van der Waals surface area contributed by atoms with Gasteiger partial charge in [0.2, 0.25) is 10.0 Å². The Balaban J connectivity index is 1.70. The van der Waals surface area contributed by atoms with Gasteiger partial charge in [-0.15, -0.1) is 0 Å². The zero-order valence-corrected chi connectivity index (χ0v) is 17.5. The molecule has 164 valence electrons. The van der Waals surface area contributed by atoms with Gasteiger partial charge in [-0.1, -0.05) is 42.5 Å². The van der Waals surface area contributed by atoms with Gasteiger partial charge in [-0.2, -0.15) is 5.10 Å². The van der Waals surface area contributed by atoms with E-state index < -0.39 is 22.1 Å². The van der Waals surface area contributed by atoms with E-state index in [-0.39, 0.29) is 10.6 Å². The first-order chi connectivity index (χ1) is 15.3. The summed E-state index contributed by atoms with van der Waals surface area (Å²) in [5.74, 6) is 0.600. The highest BCUT2D eigenvalue weighted by Crippen LogP contribution is 2.31. The number of primary sulfonamides is 1. The average molecular weight is 455 g/mol. The third-order valence-corrected chi connectivity index (χ3v) is 5.71. The van der Waals surface area contributed by atoms with Crippen LogP contribution in [-0.4, -0.2) is 18.2 Å². The number of sulfonamides is 1. The molecule has 3 aromatic carbocycles. The third kappa shape index (κ3) is 4.68. The van der Waals surface area contributed by atoms with Crippen molar-refractivity contribution in [2.45, 2.75) is 17.9 Å². The minimum Gasteiger partial charge on any atom is -0.489 e. The summed E-state index contributed by atoms with van der Waals surface area (Å²) >= 11 is 0. The number of para-hydroxylation sites is 1. The van der Waals surface area contributed by atoms with Crippen molar-refractivity contribution in [1.29, 1.82) is 0 Å². The molecule has 0 saturated carbocycles. The molecule has 0 unspecified atom stereocenters. The first kappa shape index (κ1) is 21.7. The van der Waals surface area contributed by atoms with E-state index in [1.54, 1.807) is 30.3 Å². The van der Waals surface area contributed by atoms with E-state index in [1.165, 1.54) is 28.9 Å². The van der Waals surface area contributed by atoms with Gasteiger partial charge in [-0.25, -0.2) is 27.0 Å². The Kier molecular flexibility index (Phi) is 6.02. The smallest absolute Gasteiger partial charge is 0.282 e. The van der Waals surface area contributed by atoms with Crippen LogP contribution in [0.3, 0.4) is 0 Å². The molecular weight excluding hydrogens is 436 g/mol. The van der Waals surface area contributed by atoms with Gasteiger partial charge in [0.25, 0.3) is 6.43 Å². The summed E-state index contributed by atoms with van der Waals surface area (Å²) in [5.41, 5.74) is 1.47. The van der Waals surface area contributed by atoms with Crippen LogP contribution in [0.4, 0.5) is 8.78 Å². The molecule has 0 aliphatic rings. The second kappa shape index (κ2) is 8.89. The standard InChI is InChI=1S/C23H19F2N3O3S/c24-23(25)19-14-21(28(27-19)20-8-4-5-9-22(20)32(26,29)30)17-10-12-18(13-11-17)31-15-16-6-2-1-3-7-16/h1-14,23H,15H2,(H2,26,29,30). The molecule has 0 fully saturated rings. The van der Waals surface area contributed by atoms with Crippen LogP contribution in [0.15, 0.2) is 89.8 Å². The second-order valence-corrected chi connectivity index (χ2v) is 8.51. The van der Waals surface area contributed by atoms with Crippen molar-refractivity contribution >= 4 is 10.0 Å². The SMILES string of the molecule is NS(=O)(=O)c1ccccc1-n1nc(C(F)F)cc1-c1ccc(OCc2ccccc2)cc1. The van der Waals surface area contributed by atoms with Crippen LogP contribution >= 0.6 is 0 Å². The van der Waals surface area contributed by atoms with Crippen LogP contribution in [0.5, 0.6) is 5.75 Å². The van der Waals surface area contributed by atoms with Crippen molar-refractivity contribution < 1.29 is 21.9 Å². The maximum Gasteiger partial charge on any atom is 0.282 e. The van der Waals surface area contributed by atoms with Crippen molar-refractivity contribution in [3.63, 3.8) is 0 Å². The van der Waals surface area contributed by atoms with Gasteiger partial charge >= 0.3 is 0 Å². The first-order valence-electron chi connectivity index (χ1n) is 9.60. The number of hydrogen-bond acceptors (Lipinski definition) is 4. The normalized spacial score (nSPS) is 11.6. The average Bonchev–Trinajstić information content (AvgIpc) is 3.24. The van der Waals surface area contributed by atoms with Crippen molar-refractivity contribution in [2.75, 3.05) is 0 Å². The molecule has 1 heterocycles. The van der Waals surface area contributed by atoms with Crippen molar-refractivity contribution in [3.8, 4) is 22.7 Å². The van der Waals surface area contributed by atoms with Crippen LogP contribution in [-0.2, 0) is 16.6 Å². The van der Waals surface area contributed by atoms with E-state index in [2.05, 4.69) is 5.10 Å². The van der Waals surface area contributed by atoms with Crippen LogP contribution in [0, 0.1) is 0 Å². The Labute approximate surface area is 183 Å². The number of rotatable bonds is 7. The highest BCUT2D eigenvalue weighted by molar-refractivity contribution is 7.89. The largest absolute Gasteiger partial charge is 0.489 e. The molecule has 1 aromatic heterocycles. The molecule has 0 spiro atoms. The van der Waals surface area contributed by atoms with E-state index in [9.17, 15) is 17.2 Å². The van der Waals surface area contributed by atoms with Crippen molar-refractivity contribution in [2.24, 2.45) is 5.14 Å². The lowest BCUT2D eigenvalue weighted by atomic mass is 10.1. The van der Waals surface area contributed by atoms with Crippen LogP contribution in [0.2, 0.25) is 0 Å². The molecule has 0 aliphatic carbocycles. The summed E-state index contributed by atoms with van der Waals surface area (Å²) < 4.78 is 57.8. The number of halogens is 2. The summed E-state index contributed by atoms with van der Waals surface area (Å²) in [7, 11) is -4.10. The van der Waals surface area contributed by atoms with Gasteiger partial charge in [0.05, 0.1) is 11.4 Å². The van der Waals surface area contributed by atoms with Gasteiger partial charge in [-0.3, -0.25) is 0 Å². The lowest BCUT2D eigenvalue weighted by molar-refractivity contribution is 0.145. The van der Waals surface area contributed by atoms with Gasteiger partial charge in [0, 0.05) is 5.56 Å². The van der Waals surface area contributed by atoms with Gasteiger partial charge < -0.3 is 4.74 Å². The Bertz CT molecular complexity index is 1320. The molecule has 0 atom stereocenters. The zero-order chi connectivity index (χ0) is 22.7. The summed E-state index contributed by atoms with van der Waals surface area (Å²) in [6.45, 7) is 0.384. The minimum atomic E-state index is -4.10.